The van der Waals surface area contributed by atoms with E-state index in [9.17, 15) is 0 Å². The van der Waals surface area contributed by atoms with Crippen molar-refractivity contribution in [3.05, 3.63) is 182 Å². The zero-order valence-corrected chi connectivity index (χ0v) is 27.1. The number of rotatable bonds is 6. The average molecular weight is 639 g/mol. The summed E-state index contributed by atoms with van der Waals surface area (Å²) in [6.07, 6.45) is 0. The molecule has 0 atom stereocenters. The van der Waals surface area contributed by atoms with Crippen molar-refractivity contribution in [3.63, 3.8) is 0 Å². The Hall–Kier alpha value is -6.78. The maximum Gasteiger partial charge on any atom is 0.164 e. The maximum absolute atomic E-state index is 5.26. The van der Waals surface area contributed by atoms with E-state index in [-0.39, 0.29) is 0 Å². The molecule has 4 nitrogen and oxygen atoms in total. The van der Waals surface area contributed by atoms with Gasteiger partial charge in [0.2, 0.25) is 0 Å². The lowest BCUT2D eigenvalue weighted by Gasteiger charge is -2.15. The standard InChI is InChI=1S/C46H30N4/c1-5-15-31(16-6-1)35-23-13-24-36(29-35)45-48-44(34-21-11-4-12-22-34)49-46(50-45)37-27-28-41-40(30-37)42-38(32-17-7-2-8-18-32)25-14-26-39(42)43(47-41)33-19-9-3-10-20-33/h1-30H. The molecule has 0 radical (unpaired) electrons. The molecular formula is C46H30N4. The van der Waals surface area contributed by atoms with Crippen molar-refractivity contribution in [1.82, 2.24) is 19.9 Å². The summed E-state index contributed by atoms with van der Waals surface area (Å²) in [7, 11) is 0. The number of hydrogen-bond acceptors (Lipinski definition) is 4. The van der Waals surface area contributed by atoms with E-state index < -0.39 is 0 Å². The molecule has 2 heterocycles. The summed E-state index contributed by atoms with van der Waals surface area (Å²) in [5.74, 6) is 1.86. The molecule has 0 saturated heterocycles. The first-order valence-corrected chi connectivity index (χ1v) is 16.7. The van der Waals surface area contributed by atoms with Crippen LogP contribution in [0.2, 0.25) is 0 Å². The Morgan fingerprint density at radius 3 is 1.44 bits per heavy atom. The first-order chi connectivity index (χ1) is 24.8. The zero-order valence-electron chi connectivity index (χ0n) is 27.1. The molecule has 0 fully saturated rings. The van der Waals surface area contributed by atoms with Gasteiger partial charge in [-0.2, -0.15) is 0 Å². The van der Waals surface area contributed by atoms with Gasteiger partial charge in [-0.3, -0.25) is 0 Å². The number of fused-ring (bicyclic) bond motifs is 3. The maximum atomic E-state index is 5.26. The molecule has 0 aliphatic rings. The minimum atomic E-state index is 0.610. The first-order valence-electron chi connectivity index (χ1n) is 16.7. The summed E-state index contributed by atoms with van der Waals surface area (Å²) in [4.78, 5) is 20.5. The second-order valence-electron chi connectivity index (χ2n) is 12.3. The van der Waals surface area contributed by atoms with Gasteiger partial charge in [0.15, 0.2) is 17.5 Å². The van der Waals surface area contributed by atoms with E-state index in [4.69, 9.17) is 19.9 Å². The Bertz CT molecular complexity index is 2620. The summed E-state index contributed by atoms with van der Waals surface area (Å²) in [6.45, 7) is 0. The first kappa shape index (κ1) is 29.4. The van der Waals surface area contributed by atoms with Crippen molar-refractivity contribution in [1.29, 1.82) is 0 Å². The molecule has 2 aromatic heterocycles. The van der Waals surface area contributed by atoms with Gasteiger partial charge >= 0.3 is 0 Å². The predicted octanol–water partition coefficient (Wildman–Crippen LogP) is 11.6. The quantitative estimate of drug-likeness (QED) is 0.170. The third kappa shape index (κ3) is 5.49. The Morgan fingerprint density at radius 2 is 0.780 bits per heavy atom. The van der Waals surface area contributed by atoms with Gasteiger partial charge in [-0.05, 0) is 46.5 Å². The van der Waals surface area contributed by atoms with Gasteiger partial charge in [0, 0.05) is 38.4 Å². The van der Waals surface area contributed by atoms with Crippen molar-refractivity contribution in [2.45, 2.75) is 0 Å². The molecule has 9 aromatic rings. The van der Waals surface area contributed by atoms with Gasteiger partial charge in [-0.25, -0.2) is 19.9 Å². The number of nitrogens with zero attached hydrogens (tertiary/aromatic N) is 4. The van der Waals surface area contributed by atoms with Crippen molar-refractivity contribution >= 4 is 21.7 Å². The summed E-state index contributed by atoms with van der Waals surface area (Å²) in [5, 5.41) is 3.30. The van der Waals surface area contributed by atoms with Crippen LogP contribution in [0, 0.1) is 0 Å². The monoisotopic (exact) mass is 638 g/mol. The van der Waals surface area contributed by atoms with Crippen LogP contribution in [-0.4, -0.2) is 19.9 Å². The molecule has 234 valence electrons. The minimum Gasteiger partial charge on any atom is -0.247 e. The van der Waals surface area contributed by atoms with E-state index in [1.807, 2.05) is 42.5 Å². The second-order valence-corrected chi connectivity index (χ2v) is 12.3. The second kappa shape index (κ2) is 12.7. The Labute approximate surface area is 290 Å². The fourth-order valence-corrected chi connectivity index (χ4v) is 6.69. The number of benzene rings is 7. The van der Waals surface area contributed by atoms with Crippen LogP contribution < -0.4 is 0 Å². The summed E-state index contributed by atoms with van der Waals surface area (Å²) >= 11 is 0. The molecule has 0 amide bonds. The topological polar surface area (TPSA) is 51.6 Å². The van der Waals surface area contributed by atoms with Gasteiger partial charge < -0.3 is 0 Å². The molecule has 50 heavy (non-hydrogen) atoms. The molecular weight excluding hydrogens is 609 g/mol. The van der Waals surface area contributed by atoms with Gasteiger partial charge in [-0.1, -0.05) is 158 Å². The summed E-state index contributed by atoms with van der Waals surface area (Å²) < 4.78 is 0. The van der Waals surface area contributed by atoms with Gasteiger partial charge in [-0.15, -0.1) is 0 Å². The van der Waals surface area contributed by atoms with Crippen LogP contribution in [0.25, 0.3) is 89.4 Å². The Morgan fingerprint density at radius 1 is 0.280 bits per heavy atom. The highest BCUT2D eigenvalue weighted by molar-refractivity contribution is 6.17. The van der Waals surface area contributed by atoms with Crippen molar-refractivity contribution in [2.24, 2.45) is 0 Å². The van der Waals surface area contributed by atoms with Crippen molar-refractivity contribution in [2.75, 3.05) is 0 Å². The van der Waals surface area contributed by atoms with E-state index in [1.165, 1.54) is 0 Å². The average Bonchev–Trinajstić information content (AvgIpc) is 3.21. The molecule has 9 rings (SSSR count). The predicted molar refractivity (Wildman–Crippen MR) is 205 cm³/mol. The summed E-state index contributed by atoms with van der Waals surface area (Å²) in [6, 6.07) is 62.8. The van der Waals surface area contributed by atoms with E-state index in [2.05, 4.69) is 140 Å². The lowest BCUT2D eigenvalue weighted by atomic mass is 9.92. The third-order valence-electron chi connectivity index (χ3n) is 9.10. The number of hydrogen-bond donors (Lipinski definition) is 0. The highest BCUT2D eigenvalue weighted by atomic mass is 15.0. The van der Waals surface area contributed by atoms with E-state index >= 15 is 0 Å². The highest BCUT2D eigenvalue weighted by Crippen LogP contribution is 2.40. The smallest absolute Gasteiger partial charge is 0.164 e. The zero-order chi connectivity index (χ0) is 33.3. The van der Waals surface area contributed by atoms with E-state index in [1.54, 1.807) is 0 Å². The summed E-state index contributed by atoms with van der Waals surface area (Å²) in [5.41, 5.74) is 10.3. The largest absolute Gasteiger partial charge is 0.247 e. The van der Waals surface area contributed by atoms with Gasteiger partial charge in [0.05, 0.1) is 11.2 Å². The molecule has 7 aromatic carbocycles. The third-order valence-corrected chi connectivity index (χ3v) is 9.10. The van der Waals surface area contributed by atoms with Crippen LogP contribution in [-0.2, 0) is 0 Å². The van der Waals surface area contributed by atoms with E-state index in [0.29, 0.717) is 17.5 Å². The van der Waals surface area contributed by atoms with Crippen molar-refractivity contribution < 1.29 is 0 Å². The Kier molecular flexibility index (Phi) is 7.45. The molecule has 0 aliphatic heterocycles. The normalized spacial score (nSPS) is 11.2. The Balaban J connectivity index is 1.28. The number of pyridine rings is 1. The van der Waals surface area contributed by atoms with Crippen LogP contribution in [0.1, 0.15) is 0 Å². The van der Waals surface area contributed by atoms with Gasteiger partial charge in [0.1, 0.15) is 0 Å². The fourth-order valence-electron chi connectivity index (χ4n) is 6.69. The van der Waals surface area contributed by atoms with Gasteiger partial charge in [0.25, 0.3) is 0 Å². The molecule has 4 heteroatoms. The molecule has 0 saturated carbocycles. The SMILES string of the molecule is c1ccc(-c2cccc(-c3nc(-c4ccccc4)nc(-c4ccc5nc(-c6ccccc6)c6cccc(-c7ccccc7)c6c5c4)n3)c2)cc1. The molecule has 0 spiro atoms. The van der Waals surface area contributed by atoms with Crippen molar-refractivity contribution in [3.8, 4) is 67.7 Å². The van der Waals surface area contributed by atoms with Crippen LogP contribution in [0.4, 0.5) is 0 Å². The van der Waals surface area contributed by atoms with Crippen LogP contribution in [0.3, 0.4) is 0 Å². The fraction of sp³-hybridized carbons (Fsp3) is 0. The van der Waals surface area contributed by atoms with Crippen LogP contribution in [0.15, 0.2) is 182 Å². The minimum absolute atomic E-state index is 0.610. The lowest BCUT2D eigenvalue weighted by molar-refractivity contribution is 1.07. The number of aromatic nitrogens is 4. The van der Waals surface area contributed by atoms with Crippen LogP contribution >= 0.6 is 0 Å². The molecule has 0 aliphatic carbocycles. The highest BCUT2D eigenvalue weighted by Gasteiger charge is 2.18. The molecule has 0 unspecified atom stereocenters. The van der Waals surface area contributed by atoms with E-state index in [0.717, 1.165) is 71.9 Å². The lowest BCUT2D eigenvalue weighted by Crippen LogP contribution is -2.00. The molecule has 0 N–H and O–H groups in total. The van der Waals surface area contributed by atoms with Crippen LogP contribution in [0.5, 0.6) is 0 Å². The molecule has 0 bridgehead atoms.